The van der Waals surface area contributed by atoms with Crippen molar-refractivity contribution in [2.45, 2.75) is 25.4 Å². The van der Waals surface area contributed by atoms with E-state index in [-0.39, 0.29) is 17.2 Å². The zero-order valence-electron chi connectivity index (χ0n) is 12.3. The minimum atomic E-state index is -0.191. The smallest absolute Gasteiger partial charge is 0.251 e. The monoisotopic (exact) mass is 429 g/mol. The second kappa shape index (κ2) is 7.77. The molecular weight excluding hydrogens is 413 g/mol. The number of aromatic nitrogens is 2. The number of nitrogens with zero attached hydrogens (tertiary/aromatic N) is 1. The summed E-state index contributed by atoms with van der Waals surface area (Å²) >= 11 is 3.45. The van der Waals surface area contributed by atoms with Gasteiger partial charge in [-0.1, -0.05) is 18.7 Å². The summed E-state index contributed by atoms with van der Waals surface area (Å²) in [5, 5.41) is 3.34. The Labute approximate surface area is 146 Å². The SMILES string of the molecule is CCc1cc(=O)[nH]c(SCC(=O)Nc2ccc(I)cc2C)n1. The van der Waals surface area contributed by atoms with Crippen molar-refractivity contribution in [3.63, 3.8) is 0 Å². The number of nitrogens with one attached hydrogen (secondary N) is 2. The maximum absolute atomic E-state index is 12.0. The van der Waals surface area contributed by atoms with E-state index in [0.717, 1.165) is 20.5 Å². The second-order valence-electron chi connectivity index (χ2n) is 4.69. The van der Waals surface area contributed by atoms with Crippen molar-refractivity contribution in [2.75, 3.05) is 11.1 Å². The molecule has 0 unspecified atom stereocenters. The number of anilines is 1. The lowest BCUT2D eigenvalue weighted by atomic mass is 10.2. The maximum Gasteiger partial charge on any atom is 0.251 e. The first-order valence-electron chi connectivity index (χ1n) is 6.77. The summed E-state index contributed by atoms with van der Waals surface area (Å²) in [6.45, 7) is 3.89. The molecule has 0 saturated carbocycles. The summed E-state index contributed by atoms with van der Waals surface area (Å²) in [5.41, 5.74) is 2.35. The van der Waals surface area contributed by atoms with Crippen molar-refractivity contribution in [3.8, 4) is 0 Å². The second-order valence-corrected chi connectivity index (χ2v) is 6.90. The van der Waals surface area contributed by atoms with E-state index in [9.17, 15) is 9.59 Å². The number of halogens is 1. The Hall–Kier alpha value is -1.35. The topological polar surface area (TPSA) is 74.8 Å². The molecule has 1 aromatic heterocycles. The van der Waals surface area contributed by atoms with E-state index in [4.69, 9.17) is 0 Å². The van der Waals surface area contributed by atoms with Gasteiger partial charge in [0.2, 0.25) is 5.91 Å². The first-order chi connectivity index (χ1) is 10.5. The molecule has 0 atom stereocenters. The van der Waals surface area contributed by atoms with Crippen LogP contribution in [0.5, 0.6) is 0 Å². The van der Waals surface area contributed by atoms with Gasteiger partial charge in [-0.3, -0.25) is 9.59 Å². The van der Waals surface area contributed by atoms with Crippen LogP contribution in [0.25, 0.3) is 0 Å². The van der Waals surface area contributed by atoms with E-state index in [1.54, 1.807) is 0 Å². The molecule has 2 N–H and O–H groups in total. The van der Waals surface area contributed by atoms with E-state index in [2.05, 4.69) is 37.9 Å². The molecule has 0 spiro atoms. The van der Waals surface area contributed by atoms with Gasteiger partial charge in [-0.2, -0.15) is 0 Å². The van der Waals surface area contributed by atoms with Crippen molar-refractivity contribution in [3.05, 3.63) is 49.4 Å². The lowest BCUT2D eigenvalue weighted by Gasteiger charge is -2.08. The third-order valence-electron chi connectivity index (χ3n) is 2.94. The van der Waals surface area contributed by atoms with Crippen LogP contribution in [0.15, 0.2) is 34.2 Å². The number of thioether (sulfide) groups is 1. The predicted octanol–water partition coefficient (Wildman–Crippen LogP) is 2.98. The van der Waals surface area contributed by atoms with Gasteiger partial charge in [0.1, 0.15) is 0 Å². The van der Waals surface area contributed by atoms with Crippen LogP contribution < -0.4 is 10.9 Å². The van der Waals surface area contributed by atoms with E-state index in [1.807, 2.05) is 32.0 Å². The lowest BCUT2D eigenvalue weighted by Crippen LogP contribution is -2.16. The van der Waals surface area contributed by atoms with Crippen LogP contribution in [0.3, 0.4) is 0 Å². The molecule has 0 aliphatic rings. The van der Waals surface area contributed by atoms with Crippen LogP contribution in [0.4, 0.5) is 5.69 Å². The molecule has 2 aromatic rings. The van der Waals surface area contributed by atoms with Crippen LogP contribution in [-0.4, -0.2) is 21.6 Å². The highest BCUT2D eigenvalue weighted by atomic mass is 127. The van der Waals surface area contributed by atoms with Gasteiger partial charge in [-0.25, -0.2) is 4.98 Å². The largest absolute Gasteiger partial charge is 0.325 e. The van der Waals surface area contributed by atoms with Gasteiger partial charge < -0.3 is 10.3 Å². The quantitative estimate of drug-likeness (QED) is 0.436. The Bertz CT molecular complexity index is 746. The fraction of sp³-hybridized carbons (Fsp3) is 0.267. The number of amides is 1. The van der Waals surface area contributed by atoms with Crippen LogP contribution in [0.1, 0.15) is 18.2 Å². The van der Waals surface area contributed by atoms with Gasteiger partial charge in [0.25, 0.3) is 5.56 Å². The first-order valence-corrected chi connectivity index (χ1v) is 8.83. The van der Waals surface area contributed by atoms with Crippen molar-refractivity contribution >= 4 is 45.9 Å². The number of aromatic amines is 1. The molecule has 1 amide bonds. The zero-order valence-corrected chi connectivity index (χ0v) is 15.2. The lowest BCUT2D eigenvalue weighted by molar-refractivity contribution is -0.113. The van der Waals surface area contributed by atoms with Crippen LogP contribution >= 0.6 is 34.4 Å². The van der Waals surface area contributed by atoms with Crippen molar-refractivity contribution in [1.82, 2.24) is 9.97 Å². The van der Waals surface area contributed by atoms with Gasteiger partial charge in [0.15, 0.2) is 5.16 Å². The maximum atomic E-state index is 12.0. The minimum absolute atomic E-state index is 0.126. The summed E-state index contributed by atoms with van der Waals surface area (Å²) in [7, 11) is 0. The number of carbonyl (C=O) groups excluding carboxylic acids is 1. The summed E-state index contributed by atoms with van der Waals surface area (Å²) in [4.78, 5) is 30.4. The normalized spacial score (nSPS) is 10.5. The van der Waals surface area contributed by atoms with E-state index < -0.39 is 0 Å². The van der Waals surface area contributed by atoms with E-state index in [1.165, 1.54) is 17.8 Å². The van der Waals surface area contributed by atoms with Gasteiger partial charge in [0, 0.05) is 21.0 Å². The molecule has 0 saturated heterocycles. The predicted molar refractivity (Wildman–Crippen MR) is 97.5 cm³/mol. The molecule has 0 fully saturated rings. The molecule has 2 rings (SSSR count). The molecule has 1 heterocycles. The number of hydrogen-bond donors (Lipinski definition) is 2. The third kappa shape index (κ3) is 4.84. The number of H-pyrrole nitrogens is 1. The van der Waals surface area contributed by atoms with Crippen LogP contribution in [0.2, 0.25) is 0 Å². The Balaban J connectivity index is 1.98. The van der Waals surface area contributed by atoms with Gasteiger partial charge >= 0.3 is 0 Å². The molecular formula is C15H16IN3O2S. The number of carbonyl (C=O) groups is 1. The molecule has 7 heteroatoms. The Morgan fingerprint density at radius 2 is 2.18 bits per heavy atom. The highest BCUT2D eigenvalue weighted by Gasteiger charge is 2.08. The number of aryl methyl sites for hydroxylation is 2. The molecule has 22 heavy (non-hydrogen) atoms. The molecule has 0 aliphatic heterocycles. The Kier molecular flexibility index (Phi) is 6.01. The average Bonchev–Trinajstić information content (AvgIpc) is 2.47. The fourth-order valence-corrected chi connectivity index (χ4v) is 3.16. The standard InChI is InChI=1S/C15H16IN3O2S/c1-3-11-7-13(20)19-15(17-11)22-8-14(21)18-12-5-4-10(16)6-9(12)2/h4-7H,3,8H2,1-2H3,(H,18,21)(H,17,19,20). The van der Waals surface area contributed by atoms with Gasteiger partial charge in [0.05, 0.1) is 5.75 Å². The summed E-state index contributed by atoms with van der Waals surface area (Å²) in [6, 6.07) is 7.31. The van der Waals surface area contributed by atoms with E-state index >= 15 is 0 Å². The number of hydrogen-bond acceptors (Lipinski definition) is 4. The number of benzene rings is 1. The zero-order chi connectivity index (χ0) is 16.1. The van der Waals surface area contributed by atoms with E-state index in [0.29, 0.717) is 11.6 Å². The molecule has 0 bridgehead atoms. The first kappa shape index (κ1) is 17.0. The third-order valence-corrected chi connectivity index (χ3v) is 4.48. The van der Waals surface area contributed by atoms with Crippen molar-refractivity contribution in [1.29, 1.82) is 0 Å². The number of rotatable bonds is 5. The molecule has 1 aromatic carbocycles. The molecule has 116 valence electrons. The summed E-state index contributed by atoms with van der Waals surface area (Å²) < 4.78 is 1.13. The molecule has 0 aliphatic carbocycles. The summed E-state index contributed by atoms with van der Waals surface area (Å²) in [5.74, 6) is 0.0699. The van der Waals surface area contributed by atoms with Gasteiger partial charge in [-0.15, -0.1) is 0 Å². The molecule has 0 radical (unpaired) electrons. The highest BCUT2D eigenvalue weighted by molar-refractivity contribution is 14.1. The van der Waals surface area contributed by atoms with Crippen molar-refractivity contribution < 1.29 is 4.79 Å². The summed E-state index contributed by atoms with van der Waals surface area (Å²) in [6.07, 6.45) is 0.686. The fourth-order valence-electron chi connectivity index (χ4n) is 1.82. The van der Waals surface area contributed by atoms with Gasteiger partial charge in [-0.05, 0) is 59.7 Å². The Morgan fingerprint density at radius 1 is 1.41 bits per heavy atom. The van der Waals surface area contributed by atoms with Crippen LogP contribution in [0, 0.1) is 10.5 Å². The highest BCUT2D eigenvalue weighted by Crippen LogP contribution is 2.18. The average molecular weight is 429 g/mol. The van der Waals surface area contributed by atoms with Crippen LogP contribution in [-0.2, 0) is 11.2 Å². The van der Waals surface area contributed by atoms with Crippen molar-refractivity contribution in [2.24, 2.45) is 0 Å². The molecule has 5 nitrogen and oxygen atoms in total. The Morgan fingerprint density at radius 3 is 2.86 bits per heavy atom. The minimum Gasteiger partial charge on any atom is -0.325 e.